The maximum Gasteiger partial charge on any atom is 0.406 e. The Bertz CT molecular complexity index is 417. The molecule has 120 valence electrons. The molecule has 10 heteroatoms. The van der Waals surface area contributed by atoms with Gasteiger partial charge in [0, 0.05) is 25.3 Å². The van der Waals surface area contributed by atoms with Crippen LogP contribution in [-0.4, -0.2) is 65.1 Å². The van der Waals surface area contributed by atoms with E-state index in [4.69, 9.17) is 5.11 Å². The number of hydrogen-bond acceptors (Lipinski definition) is 4. The maximum atomic E-state index is 12.2. The molecule has 0 aromatic heterocycles. The molecule has 6 nitrogen and oxygen atoms in total. The van der Waals surface area contributed by atoms with E-state index in [-0.39, 0.29) is 25.3 Å². The van der Waals surface area contributed by atoms with Crippen LogP contribution in [0.25, 0.3) is 0 Å². The average molecular weight is 328 g/mol. The number of carboxylic acids is 1. The molecule has 1 atom stereocenters. The number of carboxylic acid groups (broad SMARTS) is 1. The Kier molecular flexibility index (Phi) is 6.31. The van der Waals surface area contributed by atoms with Crippen molar-refractivity contribution in [1.29, 1.82) is 0 Å². The van der Waals surface area contributed by atoms with Crippen molar-refractivity contribution in [3.63, 3.8) is 0 Å². The fourth-order valence-corrected chi connectivity index (χ4v) is 2.43. The van der Waals surface area contributed by atoms with E-state index in [1.54, 1.807) is 0 Å². The first kappa shape index (κ1) is 17.6. The predicted octanol–water partition coefficient (Wildman–Crippen LogP) is 0.331. The third-order valence-corrected chi connectivity index (χ3v) is 3.67. The zero-order chi connectivity index (χ0) is 16.0. The molecule has 1 aliphatic rings. The molecule has 2 N–H and O–H groups in total. The third-order valence-electron chi connectivity index (χ3n) is 2.73. The largest absolute Gasteiger partial charge is 0.481 e. The first-order chi connectivity index (χ1) is 9.69. The molecule has 0 aromatic rings. The van der Waals surface area contributed by atoms with E-state index < -0.39 is 36.4 Å². The van der Waals surface area contributed by atoms with Crippen LogP contribution < -0.4 is 5.32 Å². The van der Waals surface area contributed by atoms with Gasteiger partial charge in [-0.05, 0) is 0 Å². The molecule has 2 amide bonds. The van der Waals surface area contributed by atoms with Gasteiger partial charge < -0.3 is 15.3 Å². The molecule has 0 saturated carbocycles. The highest BCUT2D eigenvalue weighted by molar-refractivity contribution is 7.99. The SMILES string of the molecule is O=C(O)CSCCNC(=O)C1CC(=O)N(CC(F)(F)F)C1. The number of halogens is 3. The van der Waals surface area contributed by atoms with Crippen LogP contribution in [0.15, 0.2) is 0 Å². The Morgan fingerprint density at radius 2 is 2.10 bits per heavy atom. The number of rotatable bonds is 7. The van der Waals surface area contributed by atoms with Crippen molar-refractivity contribution in [2.75, 3.05) is 31.1 Å². The summed E-state index contributed by atoms with van der Waals surface area (Å²) in [6, 6.07) is 0. The summed E-state index contributed by atoms with van der Waals surface area (Å²) in [5, 5.41) is 10.9. The number of carbonyl (C=O) groups is 3. The van der Waals surface area contributed by atoms with Crippen LogP contribution in [0.2, 0.25) is 0 Å². The fraction of sp³-hybridized carbons (Fsp3) is 0.727. The van der Waals surface area contributed by atoms with Crippen molar-refractivity contribution in [1.82, 2.24) is 10.2 Å². The minimum absolute atomic E-state index is 0.0862. The Labute approximate surface area is 123 Å². The Morgan fingerprint density at radius 1 is 1.43 bits per heavy atom. The van der Waals surface area contributed by atoms with Gasteiger partial charge in [0.2, 0.25) is 11.8 Å². The van der Waals surface area contributed by atoms with Crippen LogP contribution in [0.3, 0.4) is 0 Å². The summed E-state index contributed by atoms with van der Waals surface area (Å²) in [7, 11) is 0. The van der Waals surface area contributed by atoms with Crippen LogP contribution in [0.1, 0.15) is 6.42 Å². The second kappa shape index (κ2) is 7.53. The topological polar surface area (TPSA) is 86.7 Å². The van der Waals surface area contributed by atoms with Gasteiger partial charge in [-0.15, -0.1) is 11.8 Å². The first-order valence-corrected chi connectivity index (χ1v) is 7.26. The number of aliphatic carboxylic acids is 1. The van der Waals surface area contributed by atoms with Gasteiger partial charge >= 0.3 is 12.1 Å². The van der Waals surface area contributed by atoms with Gasteiger partial charge in [-0.25, -0.2) is 0 Å². The van der Waals surface area contributed by atoms with Crippen LogP contribution in [0, 0.1) is 5.92 Å². The zero-order valence-corrected chi connectivity index (χ0v) is 11.8. The Morgan fingerprint density at radius 3 is 2.67 bits per heavy atom. The summed E-state index contributed by atoms with van der Waals surface area (Å²) in [4.78, 5) is 34.0. The van der Waals surface area contributed by atoms with E-state index in [0.717, 1.165) is 11.8 Å². The molecule has 1 heterocycles. The number of nitrogens with zero attached hydrogens (tertiary/aromatic N) is 1. The van der Waals surface area contributed by atoms with Gasteiger partial charge in [-0.2, -0.15) is 13.2 Å². The van der Waals surface area contributed by atoms with Gasteiger partial charge in [-0.1, -0.05) is 0 Å². The van der Waals surface area contributed by atoms with Gasteiger partial charge in [0.1, 0.15) is 6.54 Å². The summed E-state index contributed by atoms with van der Waals surface area (Å²) < 4.78 is 36.6. The van der Waals surface area contributed by atoms with Crippen LogP contribution in [0.5, 0.6) is 0 Å². The van der Waals surface area contributed by atoms with Crippen molar-refractivity contribution >= 4 is 29.5 Å². The monoisotopic (exact) mass is 328 g/mol. The molecule has 1 aliphatic heterocycles. The number of alkyl halides is 3. The molecule has 0 spiro atoms. The van der Waals surface area contributed by atoms with Gasteiger partial charge in [0.25, 0.3) is 0 Å². The number of amides is 2. The first-order valence-electron chi connectivity index (χ1n) is 6.11. The zero-order valence-electron chi connectivity index (χ0n) is 11.0. The summed E-state index contributed by atoms with van der Waals surface area (Å²) in [6.07, 6.45) is -4.71. The van der Waals surface area contributed by atoms with Crippen molar-refractivity contribution in [2.24, 2.45) is 5.92 Å². The minimum Gasteiger partial charge on any atom is -0.481 e. The van der Waals surface area contributed by atoms with Crippen molar-refractivity contribution < 1.29 is 32.7 Å². The molecular formula is C11H15F3N2O4S. The lowest BCUT2D eigenvalue weighted by Crippen LogP contribution is -2.37. The fourth-order valence-electron chi connectivity index (χ4n) is 1.87. The number of carbonyl (C=O) groups excluding carboxylic acids is 2. The van der Waals surface area contributed by atoms with Crippen molar-refractivity contribution in [3.8, 4) is 0 Å². The van der Waals surface area contributed by atoms with E-state index in [2.05, 4.69) is 5.32 Å². The van der Waals surface area contributed by atoms with Crippen LogP contribution in [0.4, 0.5) is 13.2 Å². The predicted molar refractivity (Wildman–Crippen MR) is 68.7 cm³/mol. The van der Waals surface area contributed by atoms with E-state index in [9.17, 15) is 27.6 Å². The number of likely N-dealkylation sites (tertiary alicyclic amines) is 1. The van der Waals surface area contributed by atoms with Gasteiger partial charge in [0.15, 0.2) is 0 Å². The van der Waals surface area contributed by atoms with Crippen LogP contribution in [-0.2, 0) is 14.4 Å². The summed E-state index contributed by atoms with van der Waals surface area (Å²) >= 11 is 1.11. The smallest absolute Gasteiger partial charge is 0.406 e. The van der Waals surface area contributed by atoms with E-state index >= 15 is 0 Å². The molecule has 1 saturated heterocycles. The van der Waals surface area contributed by atoms with Crippen LogP contribution >= 0.6 is 11.8 Å². The molecule has 1 rings (SSSR count). The molecule has 0 radical (unpaired) electrons. The summed E-state index contributed by atoms with van der Waals surface area (Å²) in [5.41, 5.74) is 0. The van der Waals surface area contributed by atoms with Crippen molar-refractivity contribution in [3.05, 3.63) is 0 Å². The number of hydrogen-bond donors (Lipinski definition) is 2. The number of thioether (sulfide) groups is 1. The lowest BCUT2D eigenvalue weighted by atomic mass is 10.1. The second-order valence-corrected chi connectivity index (χ2v) is 5.63. The molecule has 0 aromatic carbocycles. The van der Waals surface area contributed by atoms with E-state index in [1.807, 2.05) is 0 Å². The number of nitrogens with one attached hydrogen (secondary N) is 1. The highest BCUT2D eigenvalue weighted by atomic mass is 32.2. The third kappa shape index (κ3) is 6.69. The average Bonchev–Trinajstić information content (AvgIpc) is 2.67. The lowest BCUT2D eigenvalue weighted by molar-refractivity contribution is -0.157. The summed E-state index contributed by atoms with van der Waals surface area (Å²) in [5.74, 6) is -2.63. The molecule has 0 bridgehead atoms. The maximum absolute atomic E-state index is 12.2. The normalized spacial score (nSPS) is 18.9. The van der Waals surface area contributed by atoms with Gasteiger partial charge in [-0.3, -0.25) is 14.4 Å². The molecular weight excluding hydrogens is 313 g/mol. The molecule has 1 unspecified atom stereocenters. The van der Waals surface area contributed by atoms with E-state index in [1.165, 1.54) is 0 Å². The quantitative estimate of drug-likeness (QED) is 0.658. The second-order valence-electron chi connectivity index (χ2n) is 4.53. The van der Waals surface area contributed by atoms with Crippen molar-refractivity contribution in [2.45, 2.75) is 12.6 Å². The molecule has 1 fully saturated rings. The van der Waals surface area contributed by atoms with Gasteiger partial charge in [0.05, 0.1) is 11.7 Å². The highest BCUT2D eigenvalue weighted by Gasteiger charge is 2.40. The Balaban J connectivity index is 2.30. The standard InChI is InChI=1S/C11H15F3N2O4S/c12-11(13,14)6-16-4-7(3-8(16)17)10(20)15-1-2-21-5-9(18)19/h7H,1-6H2,(H,15,20)(H,18,19). The lowest BCUT2D eigenvalue weighted by Gasteiger charge is -2.18. The molecule has 21 heavy (non-hydrogen) atoms. The highest BCUT2D eigenvalue weighted by Crippen LogP contribution is 2.23. The summed E-state index contributed by atoms with van der Waals surface area (Å²) in [6.45, 7) is -1.38. The van der Waals surface area contributed by atoms with E-state index in [0.29, 0.717) is 10.7 Å². The molecule has 0 aliphatic carbocycles. The Hall–Kier alpha value is -1.45. The minimum atomic E-state index is -4.48.